The summed E-state index contributed by atoms with van der Waals surface area (Å²) in [6.45, 7) is 4.46. The maximum Gasteiger partial charge on any atom is 0.472 e. The summed E-state index contributed by atoms with van der Waals surface area (Å²) < 4.78 is 39.4. The number of hydrogen-bond acceptors (Lipinski definition) is 10. The molecule has 0 aliphatic carbocycles. The van der Waals surface area contributed by atoms with Crippen molar-refractivity contribution in [3.63, 3.8) is 0 Å². The van der Waals surface area contributed by atoms with E-state index in [0.29, 0.717) is 19.3 Å². The van der Waals surface area contributed by atoms with Gasteiger partial charge in [0.2, 0.25) is 0 Å². The van der Waals surface area contributed by atoms with Crippen molar-refractivity contribution in [3.8, 4) is 0 Å². The number of ether oxygens (including phenoxy) is 3. The predicted molar refractivity (Wildman–Crippen MR) is 279 cm³/mol. The number of aliphatic hydroxyl groups excluding tert-OH is 1. The van der Waals surface area contributed by atoms with Crippen molar-refractivity contribution < 1.29 is 52.2 Å². The van der Waals surface area contributed by atoms with Crippen LogP contribution < -0.4 is 0 Å². The van der Waals surface area contributed by atoms with Crippen LogP contribution in [0.25, 0.3) is 0 Å². The van der Waals surface area contributed by atoms with Crippen LogP contribution in [0.2, 0.25) is 0 Å². The first-order valence-electron chi connectivity index (χ1n) is 27.2. The van der Waals surface area contributed by atoms with Crippen LogP contribution in [-0.4, -0.2) is 66.5 Å². The number of rotatable bonds is 50. The Kier molecular flexibility index (Phi) is 48.5. The Bertz CT molecular complexity index is 1370. The number of esters is 3. The Labute approximate surface area is 415 Å². The molecular weight excluding hydrogens is 880 g/mol. The molecule has 3 atom stereocenters. The number of aliphatic hydroxyl groups is 1. The van der Waals surface area contributed by atoms with E-state index in [-0.39, 0.29) is 25.9 Å². The number of unbranched alkanes of at least 4 members (excludes halogenated alkanes) is 23. The molecule has 0 aromatic rings. The van der Waals surface area contributed by atoms with Crippen LogP contribution in [0.1, 0.15) is 239 Å². The minimum absolute atomic E-state index is 0.153. The van der Waals surface area contributed by atoms with Crippen molar-refractivity contribution >= 4 is 25.7 Å². The molecule has 0 saturated carbocycles. The van der Waals surface area contributed by atoms with Crippen molar-refractivity contribution in [3.05, 3.63) is 60.8 Å². The van der Waals surface area contributed by atoms with E-state index in [2.05, 4.69) is 81.5 Å². The zero-order valence-corrected chi connectivity index (χ0v) is 44.2. The standard InChI is InChI=1S/C56H99O11P/c1-4-7-10-13-16-19-21-23-25-26-28-30-32-35-38-41-44-47-56(60)67-53(49-63-54(58)45-42-39-36-34-31-29-27-24-22-20-17-14-11-8-5-2)51-65-68(61,62)64-50-52(48-57)66-55(59)46-43-40-37-33-18-15-12-9-6-3/h7,10,16-17,19-20,23-25,27,52-53,57H,4-6,8-9,11-15,18,21-22,26,28-51H2,1-3H3,(H,61,62)/b10-7-,19-16-,20-17-,25-23-,27-24-. The SMILES string of the molecule is CC/C=C\C/C=C\C/C=C\CCCCCCCCCC(=O)OC(COC(=O)CCCCCCC/C=C\C/C=C\CCCCC)COP(=O)(O)OCC(CO)OC(=O)CCCCCCCCCCC. The zero-order valence-electron chi connectivity index (χ0n) is 43.3. The molecule has 2 N–H and O–H groups in total. The molecule has 0 aliphatic rings. The lowest BCUT2D eigenvalue weighted by Gasteiger charge is -2.21. The van der Waals surface area contributed by atoms with Gasteiger partial charge in [-0.05, 0) is 83.5 Å². The molecule has 0 bridgehead atoms. The molecular formula is C56H99O11P. The molecule has 0 amide bonds. The van der Waals surface area contributed by atoms with Crippen LogP contribution in [-0.2, 0) is 42.2 Å². The summed E-state index contributed by atoms with van der Waals surface area (Å²) >= 11 is 0. The largest absolute Gasteiger partial charge is 0.472 e. The maximum absolute atomic E-state index is 12.9. The molecule has 68 heavy (non-hydrogen) atoms. The minimum atomic E-state index is -4.74. The molecule has 0 spiro atoms. The highest BCUT2D eigenvalue weighted by molar-refractivity contribution is 7.47. The number of allylic oxidation sites excluding steroid dienone is 10. The fourth-order valence-corrected chi connectivity index (χ4v) is 8.07. The average molecular weight is 979 g/mol. The first-order valence-corrected chi connectivity index (χ1v) is 28.7. The Morgan fingerprint density at radius 1 is 0.426 bits per heavy atom. The van der Waals surface area contributed by atoms with Crippen molar-refractivity contribution in [1.29, 1.82) is 0 Å². The molecule has 0 radical (unpaired) electrons. The van der Waals surface area contributed by atoms with Crippen LogP contribution in [0.3, 0.4) is 0 Å². The van der Waals surface area contributed by atoms with Gasteiger partial charge in [-0.1, -0.05) is 197 Å². The number of hydrogen-bond donors (Lipinski definition) is 2. The lowest BCUT2D eigenvalue weighted by molar-refractivity contribution is -0.161. The molecule has 0 aromatic heterocycles. The van der Waals surface area contributed by atoms with Gasteiger partial charge in [0.15, 0.2) is 6.10 Å². The zero-order chi connectivity index (χ0) is 49.9. The van der Waals surface area contributed by atoms with Gasteiger partial charge in [-0.25, -0.2) is 4.57 Å². The van der Waals surface area contributed by atoms with Crippen LogP contribution in [0.5, 0.6) is 0 Å². The van der Waals surface area contributed by atoms with Gasteiger partial charge < -0.3 is 24.2 Å². The van der Waals surface area contributed by atoms with E-state index in [1.54, 1.807) is 0 Å². The fraction of sp³-hybridized carbons (Fsp3) is 0.768. The summed E-state index contributed by atoms with van der Waals surface area (Å²) in [5.74, 6) is -1.49. The summed E-state index contributed by atoms with van der Waals surface area (Å²) in [6.07, 6.45) is 53.3. The maximum atomic E-state index is 12.9. The number of carbonyl (C=O) groups excluding carboxylic acids is 3. The molecule has 0 rings (SSSR count). The second kappa shape index (κ2) is 50.6. The fourth-order valence-electron chi connectivity index (χ4n) is 7.28. The monoisotopic (exact) mass is 979 g/mol. The Hall–Kier alpha value is -2.82. The first kappa shape index (κ1) is 65.2. The van der Waals surface area contributed by atoms with E-state index < -0.39 is 57.8 Å². The van der Waals surface area contributed by atoms with Crippen LogP contribution in [0, 0.1) is 0 Å². The number of carbonyl (C=O) groups is 3. The molecule has 11 nitrogen and oxygen atoms in total. The topological polar surface area (TPSA) is 155 Å². The first-order chi connectivity index (χ1) is 33.2. The van der Waals surface area contributed by atoms with Gasteiger partial charge in [0.05, 0.1) is 19.8 Å². The van der Waals surface area contributed by atoms with Crippen molar-refractivity contribution in [2.24, 2.45) is 0 Å². The summed E-state index contributed by atoms with van der Waals surface area (Å²) in [4.78, 5) is 48.3. The average Bonchev–Trinajstić information content (AvgIpc) is 3.32. The smallest absolute Gasteiger partial charge is 0.462 e. The molecule has 3 unspecified atom stereocenters. The van der Waals surface area contributed by atoms with Crippen molar-refractivity contribution in [2.75, 3.05) is 26.4 Å². The Morgan fingerprint density at radius 2 is 0.765 bits per heavy atom. The molecule has 394 valence electrons. The van der Waals surface area contributed by atoms with Crippen molar-refractivity contribution in [2.45, 2.75) is 251 Å². The molecule has 12 heteroatoms. The van der Waals surface area contributed by atoms with Gasteiger partial charge in [-0.2, -0.15) is 0 Å². The van der Waals surface area contributed by atoms with Gasteiger partial charge >= 0.3 is 25.7 Å². The number of phosphoric ester groups is 1. The predicted octanol–water partition coefficient (Wildman–Crippen LogP) is 15.6. The minimum Gasteiger partial charge on any atom is -0.462 e. The van der Waals surface area contributed by atoms with Crippen LogP contribution in [0.15, 0.2) is 60.8 Å². The highest BCUT2D eigenvalue weighted by atomic mass is 31.2. The third kappa shape index (κ3) is 48.2. The second-order valence-electron chi connectivity index (χ2n) is 18.0. The summed E-state index contributed by atoms with van der Waals surface area (Å²) in [5.41, 5.74) is 0. The molecule has 0 heterocycles. The normalized spacial score (nSPS) is 13.9. The molecule has 0 aromatic carbocycles. The van der Waals surface area contributed by atoms with Gasteiger partial charge in [-0.3, -0.25) is 23.4 Å². The third-order valence-corrected chi connectivity index (χ3v) is 12.4. The molecule has 0 saturated heterocycles. The molecule has 0 fully saturated rings. The van der Waals surface area contributed by atoms with Gasteiger partial charge in [0.1, 0.15) is 12.7 Å². The van der Waals surface area contributed by atoms with E-state index in [4.69, 9.17) is 23.3 Å². The molecule has 0 aliphatic heterocycles. The lowest BCUT2D eigenvalue weighted by Crippen LogP contribution is -2.30. The Balaban J connectivity index is 4.77. The van der Waals surface area contributed by atoms with Crippen LogP contribution in [0.4, 0.5) is 0 Å². The van der Waals surface area contributed by atoms with E-state index in [9.17, 15) is 28.9 Å². The lowest BCUT2D eigenvalue weighted by atomic mass is 10.1. The third-order valence-electron chi connectivity index (χ3n) is 11.4. The second-order valence-corrected chi connectivity index (χ2v) is 19.5. The Morgan fingerprint density at radius 3 is 1.21 bits per heavy atom. The van der Waals surface area contributed by atoms with Crippen LogP contribution >= 0.6 is 7.82 Å². The van der Waals surface area contributed by atoms with E-state index in [1.165, 1.54) is 57.8 Å². The van der Waals surface area contributed by atoms with E-state index >= 15 is 0 Å². The highest BCUT2D eigenvalue weighted by Gasteiger charge is 2.28. The van der Waals surface area contributed by atoms with Gasteiger partial charge in [0, 0.05) is 19.3 Å². The van der Waals surface area contributed by atoms with E-state index in [1.807, 2.05) is 0 Å². The number of phosphoric acid groups is 1. The van der Waals surface area contributed by atoms with Gasteiger partial charge in [0.25, 0.3) is 0 Å². The van der Waals surface area contributed by atoms with Gasteiger partial charge in [-0.15, -0.1) is 0 Å². The summed E-state index contributed by atoms with van der Waals surface area (Å²) in [7, 11) is -4.74. The highest BCUT2D eigenvalue weighted by Crippen LogP contribution is 2.43. The van der Waals surface area contributed by atoms with E-state index in [0.717, 1.165) is 122 Å². The quantitative estimate of drug-likeness (QED) is 0.0197. The summed E-state index contributed by atoms with van der Waals surface area (Å²) in [6, 6.07) is 0. The summed E-state index contributed by atoms with van der Waals surface area (Å²) in [5, 5.41) is 9.75. The van der Waals surface area contributed by atoms with Crippen molar-refractivity contribution in [1.82, 2.24) is 0 Å².